The summed E-state index contributed by atoms with van der Waals surface area (Å²) in [4.78, 5) is 68.1. The lowest BCUT2D eigenvalue weighted by Crippen LogP contribution is -2.52. The number of furan rings is 2. The summed E-state index contributed by atoms with van der Waals surface area (Å²) in [6.07, 6.45) is -2.44. The van der Waals surface area contributed by atoms with Crippen molar-refractivity contribution in [3.63, 3.8) is 0 Å². The Balaban J connectivity index is 1.20. The highest BCUT2D eigenvalue weighted by atomic mass is 16.6. The fourth-order valence-corrected chi connectivity index (χ4v) is 7.05. The summed E-state index contributed by atoms with van der Waals surface area (Å²) in [5.41, 5.74) is 3.01. The Morgan fingerprint density at radius 2 is 1.25 bits per heavy atom. The number of anilines is 4. The van der Waals surface area contributed by atoms with Gasteiger partial charge in [0.05, 0.1) is 26.0 Å². The van der Waals surface area contributed by atoms with Gasteiger partial charge >= 0.3 is 18.2 Å². The van der Waals surface area contributed by atoms with Crippen molar-refractivity contribution in [2.75, 3.05) is 61.2 Å². The van der Waals surface area contributed by atoms with E-state index in [0.717, 1.165) is 17.0 Å². The van der Waals surface area contributed by atoms with Gasteiger partial charge in [0, 0.05) is 50.1 Å². The normalized spacial score (nSPS) is 12.6. The molecule has 0 unspecified atom stereocenters. The molecule has 18 nitrogen and oxygen atoms in total. The summed E-state index contributed by atoms with van der Waals surface area (Å²) >= 11 is 0. The van der Waals surface area contributed by atoms with E-state index >= 15 is 4.79 Å². The largest absolute Gasteiger partial charge is 0.497 e. The first kappa shape index (κ1) is 41.8. The lowest BCUT2D eigenvalue weighted by Gasteiger charge is -2.38. The van der Waals surface area contributed by atoms with E-state index in [2.05, 4.69) is 25.9 Å². The van der Waals surface area contributed by atoms with E-state index in [4.69, 9.17) is 37.5 Å². The monoisotopic (exact) mass is 856 g/mol. The first-order valence-corrected chi connectivity index (χ1v) is 20.2. The van der Waals surface area contributed by atoms with Crippen LogP contribution in [0.25, 0.3) is 22.5 Å². The summed E-state index contributed by atoms with van der Waals surface area (Å²) in [5.74, 6) is 1.24. The van der Waals surface area contributed by atoms with Crippen molar-refractivity contribution in [2.24, 2.45) is 0 Å². The number of hydrogen-bond donors (Lipinski definition) is 0. The second-order valence-corrected chi connectivity index (χ2v) is 14.3. The molecule has 18 heteroatoms. The minimum Gasteiger partial charge on any atom is -0.497 e. The number of aryl methyl sites for hydroxylation is 3. The van der Waals surface area contributed by atoms with Crippen LogP contribution < -0.4 is 38.4 Å². The van der Waals surface area contributed by atoms with Crippen molar-refractivity contribution < 1.29 is 46.9 Å². The molecule has 4 aromatic heterocycles. The summed E-state index contributed by atoms with van der Waals surface area (Å²) in [5, 5.41) is 0. The standard InChI is InChI=1S/C45H44N8O10/c1-7-58-41-37(46-33-24-28(4)60-39(33)48-41)52(43(54)51-20-18-50(19-21-51)30-22-27(3)23-32(26-30)57-6)35-16-12-13-17-36(35)63-45(56)53(44(55)62-31-14-10-9-11-15-31)38-42(59-8-2)49-40-34(47-38)25-29(5)61-40/h9-17,22-26H,7-8,18-21H2,1-6H3. The molecule has 0 aliphatic carbocycles. The average molecular weight is 857 g/mol. The van der Waals surface area contributed by atoms with Crippen molar-refractivity contribution in [2.45, 2.75) is 34.6 Å². The number of carbonyl (C=O) groups excluding carboxylic acids is 3. The van der Waals surface area contributed by atoms with Crippen LogP contribution in [0.4, 0.5) is 37.4 Å². The molecular formula is C45H44N8O10. The van der Waals surface area contributed by atoms with Crippen LogP contribution in [0.15, 0.2) is 93.8 Å². The lowest BCUT2D eigenvalue weighted by atomic mass is 10.1. The molecule has 324 valence electrons. The highest BCUT2D eigenvalue weighted by molar-refractivity contribution is 6.11. The number of para-hydroxylation sites is 3. The number of methoxy groups -OCH3 is 1. The van der Waals surface area contributed by atoms with Gasteiger partial charge in [-0.05, 0) is 76.6 Å². The molecule has 0 saturated carbocycles. The Kier molecular flexibility index (Phi) is 11.9. The zero-order valence-electron chi connectivity index (χ0n) is 35.5. The van der Waals surface area contributed by atoms with Crippen molar-refractivity contribution in [1.82, 2.24) is 24.8 Å². The van der Waals surface area contributed by atoms with Gasteiger partial charge in [-0.1, -0.05) is 30.3 Å². The molecule has 1 fully saturated rings. The van der Waals surface area contributed by atoms with E-state index in [9.17, 15) is 9.59 Å². The number of benzene rings is 3. The summed E-state index contributed by atoms with van der Waals surface area (Å²) in [6.45, 7) is 10.8. The maximum atomic E-state index is 15.1. The van der Waals surface area contributed by atoms with Crippen LogP contribution in [0, 0.1) is 20.8 Å². The number of amides is 4. The SMILES string of the molecule is CCOc1nc2oc(C)cc2nc1N(C(=O)Oc1ccccc1)C(=O)Oc1ccccc1N(C(=O)N1CCN(c2cc(C)cc(OC)c2)CC1)c1nc2cc(C)oc2nc1OCC. The fourth-order valence-electron chi connectivity index (χ4n) is 7.05. The Labute approximate surface area is 361 Å². The number of ether oxygens (including phenoxy) is 5. The van der Waals surface area contributed by atoms with E-state index in [-0.39, 0.29) is 70.7 Å². The average Bonchev–Trinajstić information content (AvgIpc) is 3.83. The van der Waals surface area contributed by atoms with Gasteiger partial charge in [0.25, 0.3) is 11.8 Å². The highest BCUT2D eigenvalue weighted by Gasteiger charge is 2.37. The molecule has 1 saturated heterocycles. The molecule has 1 aliphatic rings. The maximum absolute atomic E-state index is 15.1. The molecule has 0 spiro atoms. The molecule has 7 aromatic rings. The highest BCUT2D eigenvalue weighted by Crippen LogP contribution is 2.40. The summed E-state index contributed by atoms with van der Waals surface area (Å²) in [7, 11) is 1.63. The molecule has 1 aliphatic heterocycles. The molecule has 3 aromatic carbocycles. The number of nitrogens with zero attached hydrogens (tertiary/aromatic N) is 8. The Morgan fingerprint density at radius 1 is 0.667 bits per heavy atom. The van der Waals surface area contributed by atoms with E-state index in [0.29, 0.717) is 48.1 Å². The second-order valence-electron chi connectivity index (χ2n) is 14.3. The molecule has 5 heterocycles. The van der Waals surface area contributed by atoms with E-state index in [1.807, 2.05) is 19.1 Å². The maximum Gasteiger partial charge on any atom is 0.431 e. The van der Waals surface area contributed by atoms with Crippen molar-refractivity contribution in [3.8, 4) is 29.0 Å². The smallest absolute Gasteiger partial charge is 0.431 e. The van der Waals surface area contributed by atoms with Crippen LogP contribution >= 0.6 is 0 Å². The van der Waals surface area contributed by atoms with Gasteiger partial charge in [-0.15, -0.1) is 0 Å². The Morgan fingerprint density at radius 3 is 1.89 bits per heavy atom. The molecule has 0 N–H and O–H groups in total. The molecule has 4 amide bonds. The van der Waals surface area contributed by atoms with Crippen LogP contribution in [0.5, 0.6) is 29.0 Å². The Bertz CT molecular complexity index is 2800. The number of hydrogen-bond acceptors (Lipinski definition) is 15. The molecular weight excluding hydrogens is 813 g/mol. The number of imide groups is 1. The molecule has 0 bridgehead atoms. The van der Waals surface area contributed by atoms with Crippen LogP contribution in [-0.4, -0.2) is 89.6 Å². The lowest BCUT2D eigenvalue weighted by molar-refractivity contribution is 0.189. The van der Waals surface area contributed by atoms with Gasteiger partial charge in [0.1, 0.15) is 34.1 Å². The second kappa shape index (κ2) is 18.0. The third-order valence-corrected chi connectivity index (χ3v) is 9.86. The first-order valence-electron chi connectivity index (χ1n) is 20.2. The predicted octanol–water partition coefficient (Wildman–Crippen LogP) is 8.77. The fraction of sp³-hybridized carbons (Fsp3) is 0.267. The number of fused-ring (bicyclic) bond motifs is 2. The minimum atomic E-state index is -1.26. The molecule has 8 rings (SSSR count). The van der Waals surface area contributed by atoms with E-state index < -0.39 is 18.2 Å². The van der Waals surface area contributed by atoms with Gasteiger partial charge in [-0.2, -0.15) is 14.9 Å². The van der Waals surface area contributed by atoms with Crippen molar-refractivity contribution >= 4 is 63.7 Å². The summed E-state index contributed by atoms with van der Waals surface area (Å²) < 4.78 is 40.5. The molecule has 63 heavy (non-hydrogen) atoms. The number of carbonyl (C=O) groups is 3. The topological polar surface area (TPSA) is 188 Å². The third kappa shape index (κ3) is 8.81. The van der Waals surface area contributed by atoms with Gasteiger partial charge in [-0.3, -0.25) is 0 Å². The number of urea groups is 1. The van der Waals surface area contributed by atoms with Crippen LogP contribution in [0.3, 0.4) is 0 Å². The summed E-state index contributed by atoms with van der Waals surface area (Å²) in [6, 6.07) is 23.3. The zero-order valence-corrected chi connectivity index (χ0v) is 35.5. The van der Waals surface area contributed by atoms with Crippen LogP contribution in [0.1, 0.15) is 30.9 Å². The van der Waals surface area contributed by atoms with Gasteiger partial charge in [-0.25, -0.2) is 29.3 Å². The van der Waals surface area contributed by atoms with Gasteiger partial charge in [0.2, 0.25) is 23.1 Å². The van der Waals surface area contributed by atoms with Gasteiger partial charge < -0.3 is 42.3 Å². The minimum absolute atomic E-state index is 0.00674. The quantitative estimate of drug-likeness (QED) is 0.120. The number of rotatable bonds is 11. The third-order valence-electron chi connectivity index (χ3n) is 9.86. The predicted molar refractivity (Wildman–Crippen MR) is 232 cm³/mol. The molecule has 0 atom stereocenters. The number of aromatic nitrogens is 4. The van der Waals surface area contributed by atoms with Crippen molar-refractivity contribution in [3.05, 3.63) is 102 Å². The number of piperazine rings is 1. The van der Waals surface area contributed by atoms with Crippen molar-refractivity contribution in [1.29, 1.82) is 0 Å². The zero-order chi connectivity index (χ0) is 44.2. The van der Waals surface area contributed by atoms with Crippen LogP contribution in [0.2, 0.25) is 0 Å². The van der Waals surface area contributed by atoms with E-state index in [1.165, 1.54) is 11.0 Å². The van der Waals surface area contributed by atoms with Gasteiger partial charge in [0.15, 0.2) is 5.75 Å². The van der Waals surface area contributed by atoms with E-state index in [1.54, 1.807) is 100 Å². The van der Waals surface area contributed by atoms with Crippen LogP contribution in [-0.2, 0) is 0 Å². The Hall–Kier alpha value is -7.89. The molecule has 0 radical (unpaired) electrons. The first-order chi connectivity index (χ1) is 30.5.